The van der Waals surface area contributed by atoms with Gasteiger partial charge in [0.25, 0.3) is 0 Å². The third-order valence-electron chi connectivity index (χ3n) is 3.64. The molecule has 0 bridgehead atoms. The average molecular weight is 306 g/mol. The molecule has 0 aliphatic heterocycles. The van der Waals surface area contributed by atoms with E-state index in [4.69, 9.17) is 0 Å². The number of carbonyl (C=O) groups excluding carboxylic acids is 1. The number of hydrogen-bond donors (Lipinski definition) is 1. The molecule has 0 fully saturated rings. The Hall–Kier alpha value is -1.56. The van der Waals surface area contributed by atoms with Gasteiger partial charge in [0.15, 0.2) is 11.5 Å². The summed E-state index contributed by atoms with van der Waals surface area (Å²) in [5.41, 5.74) is 0.805. The molecule has 2 aromatic heterocycles. The highest BCUT2D eigenvalue weighted by Gasteiger charge is 2.22. The fourth-order valence-corrected chi connectivity index (χ4v) is 2.57. The van der Waals surface area contributed by atoms with Gasteiger partial charge in [0.1, 0.15) is 0 Å². The van der Waals surface area contributed by atoms with Crippen molar-refractivity contribution in [2.45, 2.75) is 32.7 Å². The lowest BCUT2D eigenvalue weighted by Gasteiger charge is -2.19. The largest absolute Gasteiger partial charge is 0.346 e. The highest BCUT2D eigenvalue weighted by Crippen LogP contribution is 2.19. The van der Waals surface area contributed by atoms with Crippen LogP contribution in [0.3, 0.4) is 0 Å². The highest BCUT2D eigenvalue weighted by molar-refractivity contribution is 7.98. The molecule has 21 heavy (non-hydrogen) atoms. The van der Waals surface area contributed by atoms with Crippen LogP contribution in [0.25, 0.3) is 5.65 Å². The third-order valence-corrected chi connectivity index (χ3v) is 4.28. The molecule has 114 valence electrons. The quantitative estimate of drug-likeness (QED) is 0.854. The van der Waals surface area contributed by atoms with E-state index in [2.05, 4.69) is 21.8 Å². The molecule has 5 nitrogen and oxygen atoms in total. The summed E-state index contributed by atoms with van der Waals surface area (Å²) in [6, 6.07) is 5.69. The number of pyridine rings is 1. The molecule has 0 aromatic carbocycles. The smallest absolute Gasteiger partial charge is 0.223 e. The fraction of sp³-hybridized carbons (Fsp3) is 0.533. The molecule has 2 rings (SSSR count). The van der Waals surface area contributed by atoms with E-state index < -0.39 is 0 Å². The summed E-state index contributed by atoms with van der Waals surface area (Å²) in [5.74, 6) is 1.86. The van der Waals surface area contributed by atoms with Gasteiger partial charge >= 0.3 is 0 Å². The minimum atomic E-state index is -0.101. The Kier molecular flexibility index (Phi) is 5.61. The third kappa shape index (κ3) is 3.75. The lowest BCUT2D eigenvalue weighted by atomic mass is 10.1. The van der Waals surface area contributed by atoms with Crippen molar-refractivity contribution < 1.29 is 4.79 Å². The maximum atomic E-state index is 12.2. The predicted molar refractivity (Wildman–Crippen MR) is 86.3 cm³/mol. The molecule has 6 heteroatoms. The summed E-state index contributed by atoms with van der Waals surface area (Å²) in [6.07, 6.45) is 5.68. The van der Waals surface area contributed by atoms with Gasteiger partial charge < -0.3 is 5.32 Å². The number of rotatable bonds is 7. The van der Waals surface area contributed by atoms with Crippen LogP contribution in [0.4, 0.5) is 0 Å². The molecule has 2 unspecified atom stereocenters. The van der Waals surface area contributed by atoms with E-state index >= 15 is 0 Å². The maximum Gasteiger partial charge on any atom is 0.223 e. The first-order chi connectivity index (χ1) is 10.2. The molecular formula is C15H22N4OS. The van der Waals surface area contributed by atoms with Crippen LogP contribution >= 0.6 is 11.8 Å². The maximum absolute atomic E-state index is 12.2. The van der Waals surface area contributed by atoms with Crippen LogP contribution in [0.15, 0.2) is 24.4 Å². The standard InChI is InChI=1S/C15H22N4OS/c1-4-11(2)15(20)16-12(8-10-21-3)14-18-17-13-7-5-6-9-19(13)14/h5-7,9,11-12H,4,8,10H2,1-3H3,(H,16,20). The Morgan fingerprint density at radius 3 is 2.95 bits per heavy atom. The second kappa shape index (κ2) is 7.45. The molecule has 1 N–H and O–H groups in total. The molecule has 2 aromatic rings. The van der Waals surface area contributed by atoms with Crippen LogP contribution in [-0.4, -0.2) is 32.5 Å². The predicted octanol–water partition coefficient (Wildman–Crippen LogP) is 2.69. The molecule has 0 aliphatic rings. The number of fused-ring (bicyclic) bond motifs is 1. The Morgan fingerprint density at radius 1 is 1.43 bits per heavy atom. The summed E-state index contributed by atoms with van der Waals surface area (Å²) in [7, 11) is 0. The Morgan fingerprint density at radius 2 is 2.24 bits per heavy atom. The van der Waals surface area contributed by atoms with Crippen LogP contribution < -0.4 is 5.32 Å². The normalized spacial score (nSPS) is 14.0. The van der Waals surface area contributed by atoms with Gasteiger partial charge in [0, 0.05) is 12.1 Å². The van der Waals surface area contributed by atoms with Crippen molar-refractivity contribution in [1.29, 1.82) is 0 Å². The topological polar surface area (TPSA) is 59.3 Å². The van der Waals surface area contributed by atoms with Gasteiger partial charge in [-0.3, -0.25) is 9.20 Å². The zero-order chi connectivity index (χ0) is 15.2. The minimum Gasteiger partial charge on any atom is -0.346 e. The number of carbonyl (C=O) groups is 1. The minimum absolute atomic E-state index is 0.0148. The van der Waals surface area contributed by atoms with Gasteiger partial charge in [0.05, 0.1) is 6.04 Å². The van der Waals surface area contributed by atoms with Crippen molar-refractivity contribution in [3.63, 3.8) is 0 Å². The van der Waals surface area contributed by atoms with E-state index in [1.54, 1.807) is 11.8 Å². The van der Waals surface area contributed by atoms with Gasteiger partial charge in [-0.25, -0.2) is 0 Å². The van der Waals surface area contributed by atoms with Crippen LogP contribution in [0.2, 0.25) is 0 Å². The van der Waals surface area contributed by atoms with Gasteiger partial charge in [-0.2, -0.15) is 11.8 Å². The second-order valence-corrected chi connectivity index (χ2v) is 6.12. The van der Waals surface area contributed by atoms with E-state index in [1.807, 2.05) is 42.6 Å². The molecular weight excluding hydrogens is 284 g/mol. The molecule has 0 saturated carbocycles. The monoisotopic (exact) mass is 306 g/mol. The Balaban J connectivity index is 2.25. The van der Waals surface area contributed by atoms with Crippen LogP contribution in [0.1, 0.15) is 38.6 Å². The first-order valence-electron chi connectivity index (χ1n) is 7.26. The lowest BCUT2D eigenvalue weighted by molar-refractivity contribution is -0.125. The van der Waals surface area contributed by atoms with E-state index in [-0.39, 0.29) is 17.9 Å². The zero-order valence-electron chi connectivity index (χ0n) is 12.7. The highest BCUT2D eigenvalue weighted by atomic mass is 32.2. The van der Waals surface area contributed by atoms with Crippen LogP contribution in [0, 0.1) is 5.92 Å². The van der Waals surface area contributed by atoms with E-state index in [0.29, 0.717) is 0 Å². The molecule has 0 radical (unpaired) electrons. The van der Waals surface area contributed by atoms with Crippen molar-refractivity contribution in [3.8, 4) is 0 Å². The van der Waals surface area contributed by atoms with Crippen molar-refractivity contribution in [1.82, 2.24) is 19.9 Å². The van der Waals surface area contributed by atoms with Gasteiger partial charge in [-0.15, -0.1) is 10.2 Å². The summed E-state index contributed by atoms with van der Waals surface area (Å²) in [6.45, 7) is 3.97. The summed E-state index contributed by atoms with van der Waals surface area (Å²) >= 11 is 1.77. The number of thioether (sulfide) groups is 1. The van der Waals surface area contributed by atoms with Crippen molar-refractivity contribution in [2.75, 3.05) is 12.0 Å². The Labute approximate surface area is 129 Å². The van der Waals surface area contributed by atoms with Crippen molar-refractivity contribution >= 4 is 23.3 Å². The number of amides is 1. The SMILES string of the molecule is CCC(C)C(=O)NC(CCSC)c1nnc2ccccn12. The molecule has 2 atom stereocenters. The van der Waals surface area contributed by atoms with Gasteiger partial charge in [0.2, 0.25) is 5.91 Å². The molecule has 0 saturated heterocycles. The Bertz CT molecular complexity index is 598. The number of aromatic nitrogens is 3. The number of hydrogen-bond acceptors (Lipinski definition) is 4. The van der Waals surface area contributed by atoms with Gasteiger partial charge in [-0.1, -0.05) is 19.9 Å². The first kappa shape index (κ1) is 15.8. The number of nitrogens with zero attached hydrogens (tertiary/aromatic N) is 3. The van der Waals surface area contributed by atoms with E-state index in [1.165, 1.54) is 0 Å². The molecule has 1 amide bonds. The van der Waals surface area contributed by atoms with E-state index in [0.717, 1.165) is 30.1 Å². The lowest BCUT2D eigenvalue weighted by Crippen LogP contribution is -2.34. The van der Waals surface area contributed by atoms with Crippen molar-refractivity contribution in [3.05, 3.63) is 30.2 Å². The molecule has 0 spiro atoms. The summed E-state index contributed by atoms with van der Waals surface area (Å²) in [4.78, 5) is 12.2. The first-order valence-corrected chi connectivity index (χ1v) is 8.65. The van der Waals surface area contributed by atoms with Crippen LogP contribution in [0.5, 0.6) is 0 Å². The average Bonchev–Trinajstić information content (AvgIpc) is 2.94. The molecule has 0 aliphatic carbocycles. The summed E-state index contributed by atoms with van der Waals surface area (Å²) in [5, 5.41) is 11.6. The summed E-state index contributed by atoms with van der Waals surface area (Å²) < 4.78 is 1.95. The second-order valence-electron chi connectivity index (χ2n) is 5.14. The molecule has 2 heterocycles. The van der Waals surface area contributed by atoms with Crippen molar-refractivity contribution in [2.24, 2.45) is 5.92 Å². The van der Waals surface area contributed by atoms with Gasteiger partial charge in [-0.05, 0) is 37.0 Å². The fourth-order valence-electron chi connectivity index (χ4n) is 2.10. The number of nitrogens with one attached hydrogen (secondary N) is 1. The zero-order valence-corrected chi connectivity index (χ0v) is 13.6. The van der Waals surface area contributed by atoms with E-state index in [9.17, 15) is 4.79 Å². The van der Waals surface area contributed by atoms with Crippen LogP contribution in [-0.2, 0) is 4.79 Å².